The molecule has 0 saturated carbocycles. The summed E-state index contributed by atoms with van der Waals surface area (Å²) in [5.41, 5.74) is 5.39. The Labute approximate surface area is 130 Å². The molecule has 0 saturated heterocycles. The van der Waals surface area contributed by atoms with Crippen LogP contribution in [0.1, 0.15) is 12.8 Å². The highest BCUT2D eigenvalue weighted by Gasteiger charge is 2.36. The number of nitrogens with two attached hydrogens (primary N) is 1. The lowest BCUT2D eigenvalue weighted by Crippen LogP contribution is -2.43. The fraction of sp³-hybridized carbons (Fsp3) is 1.00. The van der Waals surface area contributed by atoms with E-state index in [1.165, 1.54) is 0 Å². The second-order valence-corrected chi connectivity index (χ2v) is 7.88. The summed E-state index contributed by atoms with van der Waals surface area (Å²) in [5, 5.41) is 10.1. The van der Waals surface area contributed by atoms with Crippen LogP contribution in [0.3, 0.4) is 0 Å². The Kier molecular flexibility index (Phi) is 14.8. The summed E-state index contributed by atoms with van der Waals surface area (Å²) in [7, 11) is 2.58. The molecule has 7 nitrogen and oxygen atoms in total. The lowest BCUT2D eigenvalue weighted by molar-refractivity contribution is 0.123. The van der Waals surface area contributed by atoms with E-state index >= 15 is 0 Å². The first-order valence-electron chi connectivity index (χ1n) is 7.72. The molecule has 21 heavy (non-hydrogen) atoms. The van der Waals surface area contributed by atoms with Gasteiger partial charge >= 0.3 is 8.80 Å². The zero-order valence-corrected chi connectivity index (χ0v) is 14.9. The molecule has 0 rings (SSSR count). The van der Waals surface area contributed by atoms with E-state index in [9.17, 15) is 0 Å². The first-order valence-corrected chi connectivity index (χ1v) is 9.65. The van der Waals surface area contributed by atoms with Crippen LogP contribution in [0.2, 0.25) is 6.04 Å². The van der Waals surface area contributed by atoms with Crippen LogP contribution in [0, 0.1) is 0 Å². The Morgan fingerprint density at radius 1 is 0.714 bits per heavy atom. The Balaban J connectivity index is 3.29. The molecule has 0 aliphatic carbocycles. The monoisotopic (exact) mass is 322 g/mol. The molecular formula is C13H34N4O3Si. The van der Waals surface area contributed by atoms with Gasteiger partial charge in [0.25, 0.3) is 0 Å². The van der Waals surface area contributed by atoms with Crippen molar-refractivity contribution in [1.82, 2.24) is 16.0 Å². The van der Waals surface area contributed by atoms with Crippen LogP contribution in [0.15, 0.2) is 0 Å². The fourth-order valence-electron chi connectivity index (χ4n) is 1.98. The number of rotatable bonds is 16. The summed E-state index contributed by atoms with van der Waals surface area (Å²) in [6, 6.07) is 0.842. The average Bonchev–Trinajstić information content (AvgIpc) is 2.53. The minimum absolute atomic E-state index is 0.698. The Morgan fingerprint density at radius 2 is 1.19 bits per heavy atom. The molecule has 5 N–H and O–H groups in total. The van der Waals surface area contributed by atoms with Gasteiger partial charge in [0.2, 0.25) is 0 Å². The van der Waals surface area contributed by atoms with Crippen LogP contribution in [0.4, 0.5) is 0 Å². The van der Waals surface area contributed by atoms with Gasteiger partial charge in [-0.2, -0.15) is 0 Å². The zero-order chi connectivity index (χ0) is 15.8. The van der Waals surface area contributed by atoms with Gasteiger partial charge in [-0.3, -0.25) is 0 Å². The molecule has 0 heterocycles. The molecular weight excluding hydrogens is 288 g/mol. The van der Waals surface area contributed by atoms with Crippen molar-refractivity contribution in [3.63, 3.8) is 0 Å². The predicted molar refractivity (Wildman–Crippen MR) is 88.5 cm³/mol. The summed E-state index contributed by atoms with van der Waals surface area (Å²) >= 11 is 0. The van der Waals surface area contributed by atoms with Crippen LogP contribution in [-0.4, -0.2) is 75.9 Å². The van der Waals surface area contributed by atoms with Gasteiger partial charge in [0, 0.05) is 53.6 Å². The maximum absolute atomic E-state index is 5.39. The van der Waals surface area contributed by atoms with E-state index in [1.807, 2.05) is 0 Å². The topological polar surface area (TPSA) is 89.8 Å². The largest absolute Gasteiger partial charge is 0.500 e. The van der Waals surface area contributed by atoms with Crippen LogP contribution in [0.25, 0.3) is 0 Å². The lowest BCUT2D eigenvalue weighted by atomic mass is 10.4. The minimum Gasteiger partial charge on any atom is -0.377 e. The fourth-order valence-corrected chi connectivity index (χ4v) is 3.70. The first kappa shape index (κ1) is 20.9. The van der Waals surface area contributed by atoms with Crippen LogP contribution < -0.4 is 21.7 Å². The third-order valence-electron chi connectivity index (χ3n) is 3.28. The van der Waals surface area contributed by atoms with Gasteiger partial charge in [0.15, 0.2) is 0 Å². The van der Waals surface area contributed by atoms with E-state index in [4.69, 9.17) is 19.0 Å². The predicted octanol–water partition coefficient (Wildman–Crippen LogP) is -0.628. The van der Waals surface area contributed by atoms with Crippen molar-refractivity contribution < 1.29 is 13.3 Å². The third kappa shape index (κ3) is 11.2. The van der Waals surface area contributed by atoms with Gasteiger partial charge in [0.1, 0.15) is 0 Å². The van der Waals surface area contributed by atoms with Crippen LogP contribution in [-0.2, 0) is 13.3 Å². The van der Waals surface area contributed by atoms with Crippen molar-refractivity contribution >= 4 is 8.80 Å². The highest BCUT2D eigenvalue weighted by atomic mass is 28.4. The molecule has 0 aliphatic heterocycles. The van der Waals surface area contributed by atoms with E-state index < -0.39 is 8.80 Å². The van der Waals surface area contributed by atoms with E-state index in [0.717, 1.165) is 58.2 Å². The van der Waals surface area contributed by atoms with Crippen molar-refractivity contribution in [3.8, 4) is 0 Å². The molecule has 0 amide bonds. The quantitative estimate of drug-likeness (QED) is 0.222. The molecule has 128 valence electrons. The molecule has 0 aliphatic rings. The first-order chi connectivity index (χ1) is 10.2. The molecule has 0 aromatic carbocycles. The van der Waals surface area contributed by atoms with Crippen molar-refractivity contribution in [3.05, 3.63) is 0 Å². The van der Waals surface area contributed by atoms with Gasteiger partial charge in [-0.15, -0.1) is 0 Å². The van der Waals surface area contributed by atoms with Gasteiger partial charge in [-0.05, 0) is 32.5 Å². The highest BCUT2D eigenvalue weighted by molar-refractivity contribution is 6.60. The molecule has 0 aromatic heterocycles. The summed E-state index contributed by atoms with van der Waals surface area (Å²) in [6.07, 6.45) is 2.12. The van der Waals surface area contributed by atoms with Gasteiger partial charge < -0.3 is 35.0 Å². The van der Waals surface area contributed by atoms with E-state index in [-0.39, 0.29) is 0 Å². The van der Waals surface area contributed by atoms with Crippen LogP contribution in [0.5, 0.6) is 0 Å². The van der Waals surface area contributed by atoms with Gasteiger partial charge in [0.05, 0.1) is 0 Å². The normalized spacial score (nSPS) is 12.0. The molecule has 0 aromatic rings. The summed E-state index contributed by atoms with van der Waals surface area (Å²) in [4.78, 5) is 0. The average molecular weight is 323 g/mol. The summed E-state index contributed by atoms with van der Waals surface area (Å²) in [6.45, 7) is 6.56. The van der Waals surface area contributed by atoms with Crippen molar-refractivity contribution in [2.24, 2.45) is 5.73 Å². The number of hydrogen-bond acceptors (Lipinski definition) is 7. The maximum atomic E-state index is 5.39. The zero-order valence-electron chi connectivity index (χ0n) is 13.9. The van der Waals surface area contributed by atoms with Crippen molar-refractivity contribution in [1.29, 1.82) is 0 Å². The second-order valence-electron chi connectivity index (χ2n) is 4.79. The molecule has 0 unspecified atom stereocenters. The SMILES string of the molecule is CO[Si](CCCNCCCNCCNCCN)(OC)OC. The third-order valence-corrected chi connectivity index (χ3v) is 6.11. The molecule has 0 fully saturated rings. The summed E-state index contributed by atoms with van der Waals surface area (Å²) < 4.78 is 16.1. The van der Waals surface area contributed by atoms with Crippen molar-refractivity contribution in [2.75, 3.05) is 67.1 Å². The maximum Gasteiger partial charge on any atom is 0.500 e. The van der Waals surface area contributed by atoms with E-state index in [2.05, 4.69) is 16.0 Å². The van der Waals surface area contributed by atoms with E-state index in [1.54, 1.807) is 21.3 Å². The number of nitrogens with one attached hydrogen (secondary N) is 3. The van der Waals surface area contributed by atoms with E-state index in [0.29, 0.717) is 6.54 Å². The second kappa shape index (κ2) is 14.9. The molecule has 0 atom stereocenters. The van der Waals surface area contributed by atoms with Crippen LogP contribution >= 0.6 is 0 Å². The van der Waals surface area contributed by atoms with Gasteiger partial charge in [-0.1, -0.05) is 0 Å². The molecule has 8 heteroatoms. The smallest absolute Gasteiger partial charge is 0.377 e. The minimum atomic E-state index is -2.38. The highest BCUT2D eigenvalue weighted by Crippen LogP contribution is 2.14. The standard InChI is InChI=1S/C13H34N4O3Si/c1-18-21(19-2,20-3)13-5-9-15-7-4-8-16-11-12-17-10-6-14/h15-17H,4-14H2,1-3H3. The lowest BCUT2D eigenvalue weighted by Gasteiger charge is -2.24. The Bertz CT molecular complexity index is 213. The molecule has 0 radical (unpaired) electrons. The van der Waals surface area contributed by atoms with Gasteiger partial charge in [-0.25, -0.2) is 0 Å². The Morgan fingerprint density at radius 3 is 1.71 bits per heavy atom. The Hall–Kier alpha value is -0.0631. The molecule has 0 bridgehead atoms. The summed E-state index contributed by atoms with van der Waals surface area (Å²) in [5.74, 6) is 0. The van der Waals surface area contributed by atoms with Crippen molar-refractivity contribution in [2.45, 2.75) is 18.9 Å². The molecule has 0 spiro atoms. The number of hydrogen-bond donors (Lipinski definition) is 4.